The number of hydrogen-bond donors (Lipinski definition) is 2. The molecule has 9 heteroatoms. The third kappa shape index (κ3) is 5.00. The molecule has 2 rings (SSSR count). The summed E-state index contributed by atoms with van der Waals surface area (Å²) in [7, 11) is -3.74. The fourth-order valence-electron chi connectivity index (χ4n) is 2.42. The quantitative estimate of drug-likeness (QED) is 0.715. The van der Waals surface area contributed by atoms with Crippen LogP contribution < -0.4 is 10.6 Å². The molecule has 0 spiro atoms. The highest BCUT2D eigenvalue weighted by Gasteiger charge is 2.34. The van der Waals surface area contributed by atoms with E-state index in [1.165, 1.54) is 16.4 Å². The van der Waals surface area contributed by atoms with Crippen LogP contribution in [0.5, 0.6) is 0 Å². The van der Waals surface area contributed by atoms with E-state index in [-0.39, 0.29) is 24.0 Å². The smallest absolute Gasteiger partial charge is 0.309 e. The van der Waals surface area contributed by atoms with Crippen molar-refractivity contribution in [1.82, 2.24) is 14.9 Å². The Morgan fingerprint density at radius 3 is 2.56 bits per heavy atom. The maximum atomic E-state index is 12.8. The zero-order valence-corrected chi connectivity index (χ0v) is 15.1. The van der Waals surface area contributed by atoms with Crippen LogP contribution in [0, 0.1) is 0 Å². The molecule has 1 saturated heterocycles. The number of sulfonamides is 1. The molecule has 2 N–H and O–H groups in total. The summed E-state index contributed by atoms with van der Waals surface area (Å²) in [4.78, 5) is 23.6. The fourth-order valence-corrected chi connectivity index (χ4v) is 4.00. The standard InChI is InChI=1S/C16H23N3O5S/c1-12(2)18-16(21)15(20)17-11-14-19(9-6-10-24-14)25(22,23)13-7-4-3-5-8-13/h3-5,7-8,12,14H,6,9-11H2,1-2H3,(H,17,20)(H,18,21). The second-order valence-electron chi connectivity index (χ2n) is 5.95. The van der Waals surface area contributed by atoms with Crippen LogP contribution in [0.3, 0.4) is 0 Å². The largest absolute Gasteiger partial charge is 0.360 e. The van der Waals surface area contributed by atoms with Gasteiger partial charge in [0.15, 0.2) is 0 Å². The summed E-state index contributed by atoms with van der Waals surface area (Å²) in [6.07, 6.45) is -0.292. The Morgan fingerprint density at radius 2 is 1.92 bits per heavy atom. The van der Waals surface area contributed by atoms with Crippen LogP contribution in [0.15, 0.2) is 35.2 Å². The summed E-state index contributed by atoms with van der Waals surface area (Å²) in [5.41, 5.74) is 0. The van der Waals surface area contributed by atoms with Crippen LogP contribution in [-0.2, 0) is 24.3 Å². The summed E-state index contributed by atoms with van der Waals surface area (Å²) in [5.74, 6) is -1.58. The molecule has 25 heavy (non-hydrogen) atoms. The van der Waals surface area contributed by atoms with E-state index in [4.69, 9.17) is 4.74 Å². The SMILES string of the molecule is CC(C)NC(=O)C(=O)NCC1OCCCN1S(=O)(=O)c1ccccc1. The molecule has 2 amide bonds. The topological polar surface area (TPSA) is 105 Å². The van der Waals surface area contributed by atoms with Gasteiger partial charge in [-0.3, -0.25) is 9.59 Å². The molecule has 1 aliphatic rings. The van der Waals surface area contributed by atoms with E-state index in [0.29, 0.717) is 13.0 Å². The van der Waals surface area contributed by atoms with Gasteiger partial charge in [0.05, 0.1) is 18.0 Å². The molecule has 1 fully saturated rings. The van der Waals surface area contributed by atoms with Gasteiger partial charge < -0.3 is 15.4 Å². The molecule has 8 nitrogen and oxygen atoms in total. The van der Waals surface area contributed by atoms with Gasteiger partial charge in [-0.15, -0.1) is 0 Å². The number of benzene rings is 1. The van der Waals surface area contributed by atoms with Gasteiger partial charge in [0.1, 0.15) is 6.23 Å². The molecular weight excluding hydrogens is 346 g/mol. The van der Waals surface area contributed by atoms with E-state index in [2.05, 4.69) is 10.6 Å². The van der Waals surface area contributed by atoms with Gasteiger partial charge in [0.2, 0.25) is 10.0 Å². The molecule has 1 atom stereocenters. The first kappa shape index (κ1) is 19.4. The highest BCUT2D eigenvalue weighted by Crippen LogP contribution is 2.21. The van der Waals surface area contributed by atoms with Crippen LogP contribution in [0.2, 0.25) is 0 Å². The van der Waals surface area contributed by atoms with Crippen molar-refractivity contribution in [3.63, 3.8) is 0 Å². The predicted octanol–water partition coefficient (Wildman–Crippen LogP) is 0.0645. The van der Waals surface area contributed by atoms with Crippen LogP contribution in [0.1, 0.15) is 20.3 Å². The highest BCUT2D eigenvalue weighted by molar-refractivity contribution is 7.89. The van der Waals surface area contributed by atoms with Crippen LogP contribution in [-0.4, -0.2) is 56.5 Å². The Morgan fingerprint density at radius 1 is 1.24 bits per heavy atom. The highest BCUT2D eigenvalue weighted by atomic mass is 32.2. The van der Waals surface area contributed by atoms with Gasteiger partial charge in [-0.05, 0) is 32.4 Å². The molecule has 1 aromatic rings. The Balaban J connectivity index is 2.06. The first-order chi connectivity index (χ1) is 11.8. The number of amides is 2. The lowest BCUT2D eigenvalue weighted by Crippen LogP contribution is -2.53. The van der Waals surface area contributed by atoms with Crippen molar-refractivity contribution in [3.05, 3.63) is 30.3 Å². The zero-order valence-electron chi connectivity index (χ0n) is 14.3. The zero-order chi connectivity index (χ0) is 18.4. The minimum Gasteiger partial charge on any atom is -0.360 e. The lowest BCUT2D eigenvalue weighted by atomic mass is 10.3. The maximum Gasteiger partial charge on any atom is 0.309 e. The molecule has 1 aliphatic heterocycles. The molecule has 138 valence electrons. The Hall–Kier alpha value is -1.97. The van der Waals surface area contributed by atoms with Crippen molar-refractivity contribution in [2.45, 2.75) is 37.4 Å². The van der Waals surface area contributed by atoms with Gasteiger partial charge in [-0.1, -0.05) is 18.2 Å². The molecular formula is C16H23N3O5S. The van der Waals surface area contributed by atoms with Crippen molar-refractivity contribution in [3.8, 4) is 0 Å². The van der Waals surface area contributed by atoms with Gasteiger partial charge in [-0.2, -0.15) is 4.31 Å². The third-order valence-corrected chi connectivity index (χ3v) is 5.47. The first-order valence-corrected chi connectivity index (χ1v) is 9.53. The van der Waals surface area contributed by atoms with Crippen molar-refractivity contribution in [2.75, 3.05) is 19.7 Å². The fraction of sp³-hybridized carbons (Fsp3) is 0.500. The van der Waals surface area contributed by atoms with E-state index >= 15 is 0 Å². The minimum absolute atomic E-state index is 0.101. The average molecular weight is 369 g/mol. The van der Waals surface area contributed by atoms with Crippen LogP contribution in [0.25, 0.3) is 0 Å². The number of carbonyl (C=O) groups excluding carboxylic acids is 2. The van der Waals surface area contributed by atoms with E-state index in [0.717, 1.165) is 0 Å². The van der Waals surface area contributed by atoms with E-state index in [1.807, 2.05) is 0 Å². The van der Waals surface area contributed by atoms with Crippen LogP contribution in [0.4, 0.5) is 0 Å². The number of ether oxygens (including phenoxy) is 1. The molecule has 0 radical (unpaired) electrons. The summed E-state index contributed by atoms with van der Waals surface area (Å²) >= 11 is 0. The monoisotopic (exact) mass is 369 g/mol. The summed E-state index contributed by atoms with van der Waals surface area (Å²) in [6, 6.07) is 7.87. The van der Waals surface area contributed by atoms with Crippen LogP contribution >= 0.6 is 0 Å². The van der Waals surface area contributed by atoms with Gasteiger partial charge in [0.25, 0.3) is 0 Å². The van der Waals surface area contributed by atoms with E-state index < -0.39 is 28.1 Å². The maximum absolute atomic E-state index is 12.8. The Bertz CT molecular complexity index is 706. The van der Waals surface area contributed by atoms with Gasteiger partial charge >= 0.3 is 11.8 Å². The predicted molar refractivity (Wildman–Crippen MR) is 91.0 cm³/mol. The Labute approximate surface area is 147 Å². The normalized spacial score (nSPS) is 18.8. The second kappa shape index (κ2) is 8.41. The first-order valence-electron chi connectivity index (χ1n) is 8.09. The molecule has 0 saturated carbocycles. The van der Waals surface area contributed by atoms with E-state index in [9.17, 15) is 18.0 Å². The van der Waals surface area contributed by atoms with Crippen molar-refractivity contribution < 1.29 is 22.7 Å². The van der Waals surface area contributed by atoms with Crippen molar-refractivity contribution in [2.24, 2.45) is 0 Å². The van der Waals surface area contributed by atoms with Crippen molar-refractivity contribution >= 4 is 21.8 Å². The lowest BCUT2D eigenvalue weighted by molar-refractivity contribution is -0.140. The Kier molecular flexibility index (Phi) is 6.51. The molecule has 1 unspecified atom stereocenters. The minimum atomic E-state index is -3.74. The second-order valence-corrected chi connectivity index (χ2v) is 7.84. The number of hydrogen-bond acceptors (Lipinski definition) is 5. The average Bonchev–Trinajstić information content (AvgIpc) is 2.60. The molecule has 0 aromatic heterocycles. The molecule has 1 heterocycles. The van der Waals surface area contributed by atoms with Gasteiger partial charge in [-0.25, -0.2) is 8.42 Å². The van der Waals surface area contributed by atoms with E-state index in [1.54, 1.807) is 32.0 Å². The number of carbonyl (C=O) groups is 2. The molecule has 0 bridgehead atoms. The summed E-state index contributed by atoms with van der Waals surface area (Å²) < 4.78 is 32.3. The van der Waals surface area contributed by atoms with Gasteiger partial charge in [0, 0.05) is 12.6 Å². The van der Waals surface area contributed by atoms with Crippen molar-refractivity contribution in [1.29, 1.82) is 0 Å². The number of nitrogens with one attached hydrogen (secondary N) is 2. The number of nitrogens with zero attached hydrogens (tertiary/aromatic N) is 1. The number of rotatable bonds is 5. The summed E-state index contributed by atoms with van der Waals surface area (Å²) in [5, 5.41) is 4.90. The third-order valence-electron chi connectivity index (χ3n) is 3.57. The molecule has 0 aliphatic carbocycles. The molecule has 1 aromatic carbocycles. The lowest BCUT2D eigenvalue weighted by Gasteiger charge is -2.34. The summed E-state index contributed by atoms with van der Waals surface area (Å²) in [6.45, 7) is 4.05.